The zero-order valence-corrected chi connectivity index (χ0v) is 9.15. The van der Waals surface area contributed by atoms with Crippen LogP contribution in [0.5, 0.6) is 0 Å². The van der Waals surface area contributed by atoms with Crippen molar-refractivity contribution in [3.63, 3.8) is 0 Å². The van der Waals surface area contributed by atoms with Crippen LogP contribution < -0.4 is 5.73 Å². The largest absolute Gasteiger partial charge is 0.423 e. The van der Waals surface area contributed by atoms with Crippen LogP contribution in [0.2, 0.25) is 0 Å². The number of nitrogen functional groups attached to an aromatic ring is 1. The monoisotopic (exact) mass is 291 g/mol. The number of benzene rings is 1. The molecule has 1 aromatic rings. The first-order chi connectivity index (χ1) is 8.50. The highest BCUT2D eigenvalue weighted by molar-refractivity contribution is 5.41. The Kier molecular flexibility index (Phi) is 4.28. The van der Waals surface area contributed by atoms with Crippen molar-refractivity contribution in [2.24, 2.45) is 0 Å². The third-order valence-electron chi connectivity index (χ3n) is 1.99. The van der Waals surface area contributed by atoms with E-state index in [0.717, 1.165) is 18.2 Å². The van der Waals surface area contributed by atoms with Crippen LogP contribution >= 0.6 is 0 Å². The van der Waals surface area contributed by atoms with Gasteiger partial charge in [-0.1, -0.05) is 0 Å². The standard InChI is InChI=1S/C10H8F7NO/c11-6-1-5(2-7(18)3-6)4-19-8(9(12,13)14)10(15,16)17/h1-3,8H,4,18H2. The molecule has 19 heavy (non-hydrogen) atoms. The number of hydrogen-bond acceptors (Lipinski definition) is 2. The Bertz CT molecular complexity index is 406. The Morgan fingerprint density at radius 1 is 1.00 bits per heavy atom. The first kappa shape index (κ1) is 15.5. The molecule has 0 fully saturated rings. The average molecular weight is 291 g/mol. The molecule has 0 aliphatic heterocycles. The summed E-state index contributed by atoms with van der Waals surface area (Å²) in [6.45, 7) is -1.06. The van der Waals surface area contributed by atoms with E-state index in [-0.39, 0.29) is 11.3 Å². The molecule has 1 rings (SSSR count). The van der Waals surface area contributed by atoms with Gasteiger partial charge >= 0.3 is 12.4 Å². The minimum atomic E-state index is -5.60. The predicted molar refractivity (Wildman–Crippen MR) is 51.5 cm³/mol. The first-order valence-electron chi connectivity index (χ1n) is 4.80. The van der Waals surface area contributed by atoms with Crippen molar-refractivity contribution in [3.05, 3.63) is 29.6 Å². The lowest BCUT2D eigenvalue weighted by atomic mass is 10.2. The summed E-state index contributed by atoms with van der Waals surface area (Å²) < 4.78 is 89.4. The molecule has 0 aromatic heterocycles. The summed E-state index contributed by atoms with van der Waals surface area (Å²) in [4.78, 5) is 0. The molecule has 108 valence electrons. The smallest absolute Gasteiger partial charge is 0.399 e. The van der Waals surface area contributed by atoms with Crippen LogP contribution in [0.25, 0.3) is 0 Å². The third-order valence-corrected chi connectivity index (χ3v) is 1.99. The van der Waals surface area contributed by atoms with Gasteiger partial charge in [-0.05, 0) is 23.8 Å². The zero-order valence-electron chi connectivity index (χ0n) is 9.15. The summed E-state index contributed by atoms with van der Waals surface area (Å²) in [7, 11) is 0. The van der Waals surface area contributed by atoms with E-state index in [0.29, 0.717) is 0 Å². The number of rotatable bonds is 3. The molecule has 2 N–H and O–H groups in total. The minimum absolute atomic E-state index is 0.130. The Balaban J connectivity index is 2.83. The van der Waals surface area contributed by atoms with E-state index in [1.807, 2.05) is 0 Å². The van der Waals surface area contributed by atoms with Crippen LogP contribution in [0.3, 0.4) is 0 Å². The van der Waals surface area contributed by atoms with Gasteiger partial charge in [0.1, 0.15) is 5.82 Å². The van der Waals surface area contributed by atoms with Crippen molar-refractivity contribution in [2.45, 2.75) is 25.1 Å². The molecule has 1 aromatic carbocycles. The normalized spacial score (nSPS) is 13.1. The lowest BCUT2D eigenvalue weighted by Gasteiger charge is -2.23. The molecule has 0 radical (unpaired) electrons. The van der Waals surface area contributed by atoms with Gasteiger partial charge in [-0.25, -0.2) is 4.39 Å². The summed E-state index contributed by atoms with van der Waals surface area (Å²) in [6, 6.07) is 2.63. The molecule has 0 bridgehead atoms. The predicted octanol–water partition coefficient (Wildman–Crippen LogP) is 3.42. The number of ether oxygens (including phenoxy) is 1. The lowest BCUT2D eigenvalue weighted by molar-refractivity contribution is -0.324. The van der Waals surface area contributed by atoms with Crippen LogP contribution in [-0.2, 0) is 11.3 Å². The quantitative estimate of drug-likeness (QED) is 0.684. The summed E-state index contributed by atoms with van der Waals surface area (Å²) >= 11 is 0. The summed E-state index contributed by atoms with van der Waals surface area (Å²) in [5, 5.41) is 0. The van der Waals surface area contributed by atoms with E-state index < -0.39 is 30.9 Å². The summed E-state index contributed by atoms with van der Waals surface area (Å²) in [5.74, 6) is -0.880. The number of nitrogens with two attached hydrogens (primary N) is 1. The molecule has 0 aliphatic rings. The van der Waals surface area contributed by atoms with Crippen LogP contribution in [0.15, 0.2) is 18.2 Å². The second-order valence-corrected chi connectivity index (χ2v) is 3.67. The van der Waals surface area contributed by atoms with Gasteiger partial charge in [0.25, 0.3) is 0 Å². The maximum absolute atomic E-state index is 12.8. The van der Waals surface area contributed by atoms with E-state index in [9.17, 15) is 30.7 Å². The molecular weight excluding hydrogens is 283 g/mol. The van der Waals surface area contributed by atoms with E-state index in [4.69, 9.17) is 5.73 Å². The SMILES string of the molecule is Nc1cc(F)cc(COC(C(F)(F)F)C(F)(F)F)c1. The van der Waals surface area contributed by atoms with Gasteiger partial charge in [0, 0.05) is 5.69 Å². The molecule has 0 heterocycles. The number of anilines is 1. The lowest BCUT2D eigenvalue weighted by Crippen LogP contribution is -2.44. The Morgan fingerprint density at radius 2 is 1.53 bits per heavy atom. The Hall–Kier alpha value is -1.51. The highest BCUT2D eigenvalue weighted by Gasteiger charge is 2.57. The van der Waals surface area contributed by atoms with Crippen LogP contribution in [0, 0.1) is 5.82 Å². The fourth-order valence-corrected chi connectivity index (χ4v) is 1.31. The molecule has 0 spiro atoms. The van der Waals surface area contributed by atoms with Crippen LogP contribution in [0.4, 0.5) is 36.4 Å². The summed E-state index contributed by atoms with van der Waals surface area (Å²) in [6.07, 6.45) is -15.1. The van der Waals surface area contributed by atoms with E-state index in [1.54, 1.807) is 0 Å². The fraction of sp³-hybridized carbons (Fsp3) is 0.400. The van der Waals surface area contributed by atoms with Crippen molar-refractivity contribution in [1.29, 1.82) is 0 Å². The second kappa shape index (κ2) is 5.24. The van der Waals surface area contributed by atoms with Crippen molar-refractivity contribution >= 4 is 5.69 Å². The van der Waals surface area contributed by atoms with Gasteiger partial charge < -0.3 is 10.5 Å². The molecule has 0 saturated heterocycles. The summed E-state index contributed by atoms with van der Waals surface area (Å²) in [5.41, 5.74) is 4.84. The topological polar surface area (TPSA) is 35.2 Å². The zero-order chi connectivity index (χ0) is 14.8. The molecule has 0 unspecified atom stereocenters. The van der Waals surface area contributed by atoms with E-state index >= 15 is 0 Å². The highest BCUT2D eigenvalue weighted by Crippen LogP contribution is 2.36. The first-order valence-corrected chi connectivity index (χ1v) is 4.80. The number of halogens is 7. The van der Waals surface area contributed by atoms with E-state index in [2.05, 4.69) is 4.74 Å². The maximum Gasteiger partial charge on any atom is 0.423 e. The van der Waals surface area contributed by atoms with Gasteiger partial charge in [-0.2, -0.15) is 26.3 Å². The molecule has 0 atom stereocenters. The van der Waals surface area contributed by atoms with Crippen molar-refractivity contribution in [2.75, 3.05) is 5.73 Å². The maximum atomic E-state index is 12.8. The van der Waals surface area contributed by atoms with Gasteiger partial charge in [-0.3, -0.25) is 0 Å². The molecule has 9 heteroatoms. The van der Waals surface area contributed by atoms with Gasteiger partial charge in [0.2, 0.25) is 6.10 Å². The van der Waals surface area contributed by atoms with Crippen LogP contribution in [0.1, 0.15) is 5.56 Å². The minimum Gasteiger partial charge on any atom is -0.399 e. The van der Waals surface area contributed by atoms with Crippen molar-refractivity contribution in [1.82, 2.24) is 0 Å². The molecule has 2 nitrogen and oxygen atoms in total. The van der Waals surface area contributed by atoms with Gasteiger partial charge in [0.05, 0.1) is 6.61 Å². The second-order valence-electron chi connectivity index (χ2n) is 3.67. The van der Waals surface area contributed by atoms with Gasteiger partial charge in [-0.15, -0.1) is 0 Å². The number of hydrogen-bond donors (Lipinski definition) is 1. The Labute approximate surface area is 103 Å². The molecule has 0 aliphatic carbocycles. The van der Waals surface area contributed by atoms with Crippen molar-refractivity contribution in [3.8, 4) is 0 Å². The van der Waals surface area contributed by atoms with E-state index in [1.165, 1.54) is 0 Å². The highest BCUT2D eigenvalue weighted by atomic mass is 19.4. The van der Waals surface area contributed by atoms with Crippen molar-refractivity contribution < 1.29 is 35.5 Å². The molecule has 0 saturated carbocycles. The average Bonchev–Trinajstić information content (AvgIpc) is 2.11. The third kappa shape index (κ3) is 4.58. The van der Waals surface area contributed by atoms with Gasteiger partial charge in [0.15, 0.2) is 0 Å². The Morgan fingerprint density at radius 3 is 1.95 bits per heavy atom. The fourth-order valence-electron chi connectivity index (χ4n) is 1.31. The van der Waals surface area contributed by atoms with Crippen LogP contribution in [-0.4, -0.2) is 18.5 Å². The molecular formula is C10H8F7NO. The number of alkyl halides is 6. The molecule has 0 amide bonds.